The van der Waals surface area contributed by atoms with Gasteiger partial charge in [0.15, 0.2) is 17.4 Å². The van der Waals surface area contributed by atoms with Crippen LogP contribution >= 0.6 is 0 Å². The second kappa shape index (κ2) is 5.36. The van der Waals surface area contributed by atoms with E-state index in [-0.39, 0.29) is 17.7 Å². The first-order chi connectivity index (χ1) is 9.02. The first-order valence-electron chi connectivity index (χ1n) is 5.96. The number of nitrogens with zero attached hydrogens (tertiary/aromatic N) is 2. The van der Waals surface area contributed by atoms with E-state index in [1.165, 1.54) is 19.2 Å². The van der Waals surface area contributed by atoms with E-state index in [1.54, 1.807) is 6.07 Å². The third kappa shape index (κ3) is 2.73. The molecule has 1 atom stereocenters. The van der Waals surface area contributed by atoms with E-state index in [9.17, 15) is 4.39 Å². The van der Waals surface area contributed by atoms with E-state index in [4.69, 9.17) is 15.0 Å². The van der Waals surface area contributed by atoms with Crippen LogP contribution in [-0.4, -0.2) is 17.3 Å². The standard InChI is InChI=1S/C13H16FN3O2/c1-7(2)11(15)12-16-13(19-17-12)8-4-5-9(14)10(6-8)18-3/h4-7,11H,15H2,1-3H3. The van der Waals surface area contributed by atoms with Gasteiger partial charge in [0.05, 0.1) is 13.2 Å². The second-order valence-electron chi connectivity index (χ2n) is 4.58. The Morgan fingerprint density at radius 2 is 2.11 bits per heavy atom. The van der Waals surface area contributed by atoms with Gasteiger partial charge < -0.3 is 15.0 Å². The maximum absolute atomic E-state index is 13.3. The van der Waals surface area contributed by atoms with Crippen LogP contribution in [0, 0.1) is 11.7 Å². The first-order valence-corrected chi connectivity index (χ1v) is 5.96. The van der Waals surface area contributed by atoms with Gasteiger partial charge in [0.1, 0.15) is 0 Å². The summed E-state index contributed by atoms with van der Waals surface area (Å²) in [7, 11) is 1.40. The average molecular weight is 265 g/mol. The molecule has 2 N–H and O–H groups in total. The highest BCUT2D eigenvalue weighted by atomic mass is 19.1. The summed E-state index contributed by atoms with van der Waals surface area (Å²) in [6.07, 6.45) is 0. The molecule has 0 aliphatic carbocycles. The van der Waals surface area contributed by atoms with Crippen molar-refractivity contribution in [2.75, 3.05) is 7.11 Å². The van der Waals surface area contributed by atoms with Crippen LogP contribution in [0.4, 0.5) is 4.39 Å². The molecule has 0 saturated heterocycles. The molecule has 0 saturated carbocycles. The molecule has 2 aromatic rings. The topological polar surface area (TPSA) is 74.2 Å². The van der Waals surface area contributed by atoms with E-state index in [2.05, 4.69) is 10.1 Å². The Hall–Kier alpha value is -1.95. The van der Waals surface area contributed by atoms with Gasteiger partial charge in [-0.05, 0) is 24.1 Å². The molecule has 0 aliphatic rings. The number of hydrogen-bond acceptors (Lipinski definition) is 5. The van der Waals surface area contributed by atoms with Crippen LogP contribution in [0.5, 0.6) is 5.75 Å². The fourth-order valence-electron chi connectivity index (χ4n) is 1.58. The van der Waals surface area contributed by atoms with Crippen molar-refractivity contribution in [3.63, 3.8) is 0 Å². The number of aromatic nitrogens is 2. The lowest BCUT2D eigenvalue weighted by Gasteiger charge is -2.09. The average Bonchev–Trinajstić information content (AvgIpc) is 2.87. The van der Waals surface area contributed by atoms with Crippen LogP contribution in [0.3, 0.4) is 0 Å². The molecule has 2 rings (SSSR count). The van der Waals surface area contributed by atoms with E-state index >= 15 is 0 Å². The Balaban J connectivity index is 2.32. The number of halogens is 1. The quantitative estimate of drug-likeness (QED) is 0.919. The van der Waals surface area contributed by atoms with Gasteiger partial charge in [0.25, 0.3) is 5.89 Å². The van der Waals surface area contributed by atoms with Gasteiger partial charge in [-0.2, -0.15) is 4.98 Å². The van der Waals surface area contributed by atoms with Crippen LogP contribution in [0.25, 0.3) is 11.5 Å². The minimum atomic E-state index is -0.440. The molecule has 0 aliphatic heterocycles. The minimum absolute atomic E-state index is 0.130. The molecular weight excluding hydrogens is 249 g/mol. The monoisotopic (exact) mass is 265 g/mol. The molecule has 0 amide bonds. The lowest BCUT2D eigenvalue weighted by Crippen LogP contribution is -2.18. The molecule has 1 aromatic heterocycles. The molecule has 0 spiro atoms. The number of hydrogen-bond donors (Lipinski definition) is 1. The number of ether oxygens (including phenoxy) is 1. The summed E-state index contributed by atoms with van der Waals surface area (Å²) in [6.45, 7) is 3.95. The third-order valence-electron chi connectivity index (χ3n) is 2.86. The summed E-state index contributed by atoms with van der Waals surface area (Å²) in [4.78, 5) is 4.23. The van der Waals surface area contributed by atoms with Gasteiger partial charge in [-0.1, -0.05) is 19.0 Å². The van der Waals surface area contributed by atoms with Crippen molar-refractivity contribution in [2.24, 2.45) is 11.7 Å². The molecule has 19 heavy (non-hydrogen) atoms. The van der Waals surface area contributed by atoms with Crippen molar-refractivity contribution in [2.45, 2.75) is 19.9 Å². The Kier molecular flexibility index (Phi) is 3.80. The van der Waals surface area contributed by atoms with Crippen molar-refractivity contribution in [3.05, 3.63) is 29.8 Å². The van der Waals surface area contributed by atoms with Crippen molar-refractivity contribution in [1.82, 2.24) is 10.1 Å². The molecule has 6 heteroatoms. The van der Waals surface area contributed by atoms with Crippen LogP contribution < -0.4 is 10.5 Å². The minimum Gasteiger partial charge on any atom is -0.494 e. The first kappa shape index (κ1) is 13.5. The normalized spacial score (nSPS) is 12.7. The van der Waals surface area contributed by atoms with Gasteiger partial charge in [-0.15, -0.1) is 0 Å². The molecule has 1 aromatic carbocycles. The molecule has 5 nitrogen and oxygen atoms in total. The van der Waals surface area contributed by atoms with Crippen LogP contribution in [0.2, 0.25) is 0 Å². The Morgan fingerprint density at radius 1 is 1.37 bits per heavy atom. The Morgan fingerprint density at radius 3 is 2.74 bits per heavy atom. The highest BCUT2D eigenvalue weighted by Crippen LogP contribution is 2.26. The molecule has 0 bridgehead atoms. The lowest BCUT2D eigenvalue weighted by atomic mass is 10.1. The predicted octanol–water partition coefficient (Wildman–Crippen LogP) is 2.54. The largest absolute Gasteiger partial charge is 0.494 e. The summed E-state index contributed by atoms with van der Waals surface area (Å²) in [6, 6.07) is 4.06. The number of rotatable bonds is 4. The van der Waals surface area contributed by atoms with E-state index < -0.39 is 5.82 Å². The maximum Gasteiger partial charge on any atom is 0.258 e. The van der Waals surface area contributed by atoms with Crippen LogP contribution in [-0.2, 0) is 0 Å². The van der Waals surface area contributed by atoms with E-state index in [0.29, 0.717) is 17.3 Å². The second-order valence-corrected chi connectivity index (χ2v) is 4.58. The van der Waals surface area contributed by atoms with Crippen LogP contribution in [0.1, 0.15) is 25.7 Å². The molecule has 1 heterocycles. The zero-order chi connectivity index (χ0) is 14.0. The number of methoxy groups -OCH3 is 1. The van der Waals surface area contributed by atoms with Gasteiger partial charge in [-0.25, -0.2) is 4.39 Å². The molecular formula is C13H16FN3O2. The highest BCUT2D eigenvalue weighted by molar-refractivity contribution is 5.56. The SMILES string of the molecule is COc1cc(-c2nc(C(N)C(C)C)no2)ccc1F. The number of nitrogens with two attached hydrogens (primary N) is 1. The zero-order valence-electron chi connectivity index (χ0n) is 11.1. The predicted molar refractivity (Wildman–Crippen MR) is 68.0 cm³/mol. The fraction of sp³-hybridized carbons (Fsp3) is 0.385. The molecule has 0 radical (unpaired) electrons. The summed E-state index contributed by atoms with van der Waals surface area (Å²) in [5, 5.41) is 3.85. The fourth-order valence-corrected chi connectivity index (χ4v) is 1.58. The Bertz CT molecular complexity index is 569. The molecule has 1 unspecified atom stereocenters. The van der Waals surface area contributed by atoms with Crippen LogP contribution in [0.15, 0.2) is 22.7 Å². The summed E-state index contributed by atoms with van der Waals surface area (Å²) >= 11 is 0. The van der Waals surface area contributed by atoms with Gasteiger partial charge in [0.2, 0.25) is 0 Å². The maximum atomic E-state index is 13.3. The van der Waals surface area contributed by atoms with Crippen molar-refractivity contribution in [3.8, 4) is 17.2 Å². The summed E-state index contributed by atoms with van der Waals surface area (Å²) < 4.78 is 23.4. The van der Waals surface area contributed by atoms with E-state index in [1.807, 2.05) is 13.8 Å². The van der Waals surface area contributed by atoms with Crippen molar-refractivity contribution in [1.29, 1.82) is 0 Å². The van der Waals surface area contributed by atoms with Crippen molar-refractivity contribution < 1.29 is 13.7 Å². The molecule has 102 valence electrons. The van der Waals surface area contributed by atoms with Gasteiger partial charge in [0, 0.05) is 5.56 Å². The highest BCUT2D eigenvalue weighted by Gasteiger charge is 2.18. The van der Waals surface area contributed by atoms with E-state index in [0.717, 1.165) is 0 Å². The summed E-state index contributed by atoms with van der Waals surface area (Å²) in [5.41, 5.74) is 6.53. The number of benzene rings is 1. The van der Waals surface area contributed by atoms with Gasteiger partial charge >= 0.3 is 0 Å². The van der Waals surface area contributed by atoms with Crippen molar-refractivity contribution >= 4 is 0 Å². The van der Waals surface area contributed by atoms with Gasteiger partial charge in [-0.3, -0.25) is 0 Å². The zero-order valence-corrected chi connectivity index (χ0v) is 11.1. The third-order valence-corrected chi connectivity index (χ3v) is 2.86. The summed E-state index contributed by atoms with van der Waals surface area (Å²) in [5.74, 6) is 0.626. The lowest BCUT2D eigenvalue weighted by molar-refractivity contribution is 0.385. The smallest absolute Gasteiger partial charge is 0.258 e. The molecule has 0 fully saturated rings. The Labute approximate surface area is 110 Å².